The molecule has 0 amide bonds. The van der Waals surface area contributed by atoms with Gasteiger partial charge in [0.15, 0.2) is 0 Å². The maximum atomic E-state index is 10.8. The highest BCUT2D eigenvalue weighted by atomic mass is 16.5. The van der Waals surface area contributed by atoms with Gasteiger partial charge in [-0.25, -0.2) is 0 Å². The van der Waals surface area contributed by atoms with Crippen LogP contribution in [0, 0.1) is 12.8 Å². The van der Waals surface area contributed by atoms with E-state index in [2.05, 4.69) is 4.90 Å². The molecule has 1 unspecified atom stereocenters. The third-order valence-electron chi connectivity index (χ3n) is 3.32. The van der Waals surface area contributed by atoms with Crippen molar-refractivity contribution in [3.05, 3.63) is 29.8 Å². The molecule has 1 heterocycles. The van der Waals surface area contributed by atoms with E-state index in [-0.39, 0.29) is 5.92 Å². The van der Waals surface area contributed by atoms with Gasteiger partial charge in [-0.1, -0.05) is 17.7 Å². The number of ether oxygens (including phenoxy) is 1. The largest absolute Gasteiger partial charge is 0.492 e. The van der Waals surface area contributed by atoms with E-state index >= 15 is 0 Å². The van der Waals surface area contributed by atoms with Gasteiger partial charge in [0.2, 0.25) is 0 Å². The van der Waals surface area contributed by atoms with E-state index in [9.17, 15) is 4.79 Å². The molecule has 1 N–H and O–H groups in total. The number of hydrogen-bond donors (Lipinski definition) is 1. The number of aryl methyl sites for hydroxylation is 1. The van der Waals surface area contributed by atoms with E-state index in [0.29, 0.717) is 13.2 Å². The molecule has 0 saturated carbocycles. The second-order valence-corrected chi connectivity index (χ2v) is 4.79. The van der Waals surface area contributed by atoms with Crippen LogP contribution in [-0.2, 0) is 4.79 Å². The topological polar surface area (TPSA) is 49.8 Å². The first-order valence-electron chi connectivity index (χ1n) is 6.30. The molecular formula is C14H19NO3. The SMILES string of the molecule is Cc1ccc(OCCN2CCC(C(=O)O)C2)cc1. The molecule has 1 aliphatic rings. The van der Waals surface area contributed by atoms with Crippen LogP contribution in [0.15, 0.2) is 24.3 Å². The van der Waals surface area contributed by atoms with Gasteiger partial charge in [0, 0.05) is 13.1 Å². The zero-order chi connectivity index (χ0) is 13.0. The molecule has 1 saturated heterocycles. The number of carboxylic acid groups (broad SMARTS) is 1. The summed E-state index contributed by atoms with van der Waals surface area (Å²) in [7, 11) is 0. The number of benzene rings is 1. The minimum absolute atomic E-state index is 0.204. The molecule has 18 heavy (non-hydrogen) atoms. The summed E-state index contributed by atoms with van der Waals surface area (Å²) >= 11 is 0. The standard InChI is InChI=1S/C14H19NO3/c1-11-2-4-13(5-3-11)18-9-8-15-7-6-12(10-15)14(16)17/h2-5,12H,6-10H2,1H3,(H,16,17). The summed E-state index contributed by atoms with van der Waals surface area (Å²) in [6.45, 7) is 4.94. The number of carboxylic acids is 1. The van der Waals surface area contributed by atoms with Gasteiger partial charge in [0.05, 0.1) is 5.92 Å². The van der Waals surface area contributed by atoms with E-state index in [1.165, 1.54) is 5.56 Å². The summed E-state index contributed by atoms with van der Waals surface area (Å²) in [4.78, 5) is 13.0. The lowest BCUT2D eigenvalue weighted by atomic mass is 10.1. The fourth-order valence-corrected chi connectivity index (χ4v) is 2.16. The Kier molecular flexibility index (Phi) is 4.20. The third kappa shape index (κ3) is 3.47. The van der Waals surface area contributed by atoms with E-state index < -0.39 is 5.97 Å². The Morgan fingerprint density at radius 3 is 2.78 bits per heavy atom. The quantitative estimate of drug-likeness (QED) is 0.864. The van der Waals surface area contributed by atoms with Gasteiger partial charge in [0.1, 0.15) is 12.4 Å². The van der Waals surface area contributed by atoms with Crippen molar-refractivity contribution in [3.63, 3.8) is 0 Å². The summed E-state index contributed by atoms with van der Waals surface area (Å²) in [6.07, 6.45) is 0.750. The molecule has 4 heteroatoms. The van der Waals surface area contributed by atoms with Crippen molar-refractivity contribution in [1.82, 2.24) is 4.90 Å². The number of hydrogen-bond acceptors (Lipinski definition) is 3. The molecule has 2 rings (SSSR count). The minimum Gasteiger partial charge on any atom is -0.492 e. The van der Waals surface area contributed by atoms with Crippen LogP contribution in [0.4, 0.5) is 0 Å². The lowest BCUT2D eigenvalue weighted by molar-refractivity contribution is -0.141. The first kappa shape index (κ1) is 12.9. The van der Waals surface area contributed by atoms with Crippen LogP contribution in [-0.4, -0.2) is 42.2 Å². The molecule has 0 spiro atoms. The maximum absolute atomic E-state index is 10.8. The Morgan fingerprint density at radius 2 is 2.17 bits per heavy atom. The summed E-state index contributed by atoms with van der Waals surface area (Å²) in [5.74, 6) is -0.0177. The second-order valence-electron chi connectivity index (χ2n) is 4.79. The first-order chi connectivity index (χ1) is 8.65. The van der Waals surface area contributed by atoms with Gasteiger partial charge >= 0.3 is 5.97 Å². The lowest BCUT2D eigenvalue weighted by Crippen LogP contribution is -2.27. The van der Waals surface area contributed by atoms with Crippen molar-refractivity contribution >= 4 is 5.97 Å². The summed E-state index contributed by atoms with van der Waals surface area (Å²) < 4.78 is 5.63. The number of nitrogens with zero attached hydrogens (tertiary/aromatic N) is 1. The third-order valence-corrected chi connectivity index (χ3v) is 3.32. The van der Waals surface area contributed by atoms with Gasteiger partial charge in [0.25, 0.3) is 0 Å². The van der Waals surface area contributed by atoms with Gasteiger partial charge in [-0.05, 0) is 32.0 Å². The summed E-state index contributed by atoms with van der Waals surface area (Å²) in [6, 6.07) is 7.95. The molecule has 98 valence electrons. The smallest absolute Gasteiger partial charge is 0.307 e. The van der Waals surface area contributed by atoms with Gasteiger partial charge in [-0.15, -0.1) is 0 Å². The number of likely N-dealkylation sites (tertiary alicyclic amines) is 1. The molecule has 0 aromatic heterocycles. The van der Waals surface area contributed by atoms with Crippen molar-refractivity contribution in [2.75, 3.05) is 26.2 Å². The zero-order valence-corrected chi connectivity index (χ0v) is 10.6. The van der Waals surface area contributed by atoms with Crippen LogP contribution in [0.1, 0.15) is 12.0 Å². The molecule has 0 radical (unpaired) electrons. The fourth-order valence-electron chi connectivity index (χ4n) is 2.16. The Bertz CT molecular complexity index is 402. The van der Waals surface area contributed by atoms with E-state index in [0.717, 1.165) is 25.3 Å². The molecular weight excluding hydrogens is 230 g/mol. The van der Waals surface area contributed by atoms with Gasteiger partial charge < -0.3 is 9.84 Å². The average Bonchev–Trinajstić information content (AvgIpc) is 2.81. The molecule has 1 atom stereocenters. The second kappa shape index (κ2) is 5.87. The normalized spacial score (nSPS) is 19.9. The molecule has 0 aliphatic carbocycles. The van der Waals surface area contributed by atoms with Gasteiger partial charge in [-0.3, -0.25) is 9.69 Å². The molecule has 1 fully saturated rings. The monoisotopic (exact) mass is 249 g/mol. The summed E-state index contributed by atoms with van der Waals surface area (Å²) in [5, 5.41) is 8.90. The molecule has 1 aromatic carbocycles. The van der Waals surface area contributed by atoms with Crippen molar-refractivity contribution < 1.29 is 14.6 Å². The zero-order valence-electron chi connectivity index (χ0n) is 10.6. The highest BCUT2D eigenvalue weighted by Gasteiger charge is 2.27. The minimum atomic E-state index is -0.683. The number of aliphatic carboxylic acids is 1. The molecule has 1 aromatic rings. The Labute approximate surface area is 107 Å². The first-order valence-corrected chi connectivity index (χ1v) is 6.30. The van der Waals surface area contributed by atoms with Crippen molar-refractivity contribution in [3.8, 4) is 5.75 Å². The predicted molar refractivity (Wildman–Crippen MR) is 68.9 cm³/mol. The van der Waals surface area contributed by atoms with E-state index in [4.69, 9.17) is 9.84 Å². The highest BCUT2D eigenvalue weighted by molar-refractivity contribution is 5.70. The number of rotatable bonds is 5. The fraction of sp³-hybridized carbons (Fsp3) is 0.500. The predicted octanol–water partition coefficient (Wildman–Crippen LogP) is 1.78. The van der Waals surface area contributed by atoms with Crippen LogP contribution in [0.25, 0.3) is 0 Å². The van der Waals surface area contributed by atoms with Crippen molar-refractivity contribution in [2.45, 2.75) is 13.3 Å². The Morgan fingerprint density at radius 1 is 1.44 bits per heavy atom. The maximum Gasteiger partial charge on any atom is 0.307 e. The van der Waals surface area contributed by atoms with Crippen molar-refractivity contribution in [2.24, 2.45) is 5.92 Å². The summed E-state index contributed by atoms with van der Waals surface area (Å²) in [5.41, 5.74) is 1.21. The lowest BCUT2D eigenvalue weighted by Gasteiger charge is -2.15. The van der Waals surface area contributed by atoms with E-state index in [1.54, 1.807) is 0 Å². The molecule has 0 bridgehead atoms. The van der Waals surface area contributed by atoms with Crippen LogP contribution >= 0.6 is 0 Å². The van der Waals surface area contributed by atoms with Crippen LogP contribution in [0.5, 0.6) is 5.75 Å². The van der Waals surface area contributed by atoms with Crippen molar-refractivity contribution in [1.29, 1.82) is 0 Å². The van der Waals surface area contributed by atoms with Crippen LogP contribution in [0.3, 0.4) is 0 Å². The average molecular weight is 249 g/mol. The van der Waals surface area contributed by atoms with Crippen LogP contribution in [0.2, 0.25) is 0 Å². The molecule has 4 nitrogen and oxygen atoms in total. The highest BCUT2D eigenvalue weighted by Crippen LogP contribution is 2.16. The van der Waals surface area contributed by atoms with E-state index in [1.807, 2.05) is 31.2 Å². The van der Waals surface area contributed by atoms with Crippen LogP contribution < -0.4 is 4.74 Å². The Hall–Kier alpha value is -1.55. The molecule has 1 aliphatic heterocycles. The number of carbonyl (C=O) groups is 1. The van der Waals surface area contributed by atoms with Gasteiger partial charge in [-0.2, -0.15) is 0 Å². The Balaban J connectivity index is 1.70.